The minimum atomic E-state index is -0.887. The zero-order valence-corrected chi connectivity index (χ0v) is 18.5. The average Bonchev–Trinajstić information content (AvgIpc) is 2.63. The van der Waals surface area contributed by atoms with Crippen molar-refractivity contribution in [1.82, 2.24) is 5.32 Å². The quantitative estimate of drug-likeness (QED) is 0.614. The number of hydrogen-bond donors (Lipinski definition) is 2. The topological polar surface area (TPSA) is 82.8 Å². The Morgan fingerprint density at radius 3 is 2.36 bits per heavy atom. The highest BCUT2D eigenvalue weighted by atomic mass is 35.5. The zero-order chi connectivity index (χ0) is 20.1. The lowest BCUT2D eigenvalue weighted by molar-refractivity contribution is -0.170. The molecule has 0 aliphatic heterocycles. The summed E-state index contributed by atoms with van der Waals surface area (Å²) in [5.41, 5.74) is 6.22. The lowest BCUT2D eigenvalue weighted by Gasteiger charge is -2.57. The number of halogens is 1. The lowest BCUT2D eigenvalue weighted by Crippen LogP contribution is -2.75. The molecule has 28 heavy (non-hydrogen) atoms. The van der Waals surface area contributed by atoms with Crippen molar-refractivity contribution < 1.29 is 19.0 Å². The van der Waals surface area contributed by atoms with Gasteiger partial charge in [-0.3, -0.25) is 4.79 Å². The van der Waals surface area contributed by atoms with Crippen LogP contribution in [0.1, 0.15) is 46.6 Å². The van der Waals surface area contributed by atoms with Crippen molar-refractivity contribution in [2.75, 3.05) is 26.4 Å². The highest BCUT2D eigenvalue weighted by molar-refractivity contribution is 5.88. The first kappa shape index (κ1) is 24.5. The van der Waals surface area contributed by atoms with Crippen LogP contribution in [0.3, 0.4) is 0 Å². The first-order valence-electron chi connectivity index (χ1n) is 9.87. The number of amides is 1. The van der Waals surface area contributed by atoms with E-state index in [1.54, 1.807) is 0 Å². The van der Waals surface area contributed by atoms with Gasteiger partial charge in [-0.2, -0.15) is 0 Å². The Morgan fingerprint density at radius 2 is 1.79 bits per heavy atom. The van der Waals surface area contributed by atoms with E-state index in [0.717, 1.165) is 17.1 Å². The molecule has 2 rings (SSSR count). The van der Waals surface area contributed by atoms with Crippen molar-refractivity contribution in [3.05, 3.63) is 23.8 Å². The summed E-state index contributed by atoms with van der Waals surface area (Å²) in [7, 11) is 0. The predicted octanol–water partition coefficient (Wildman–Crippen LogP) is 3.10. The Kier molecular flexibility index (Phi) is 9.05. The molecule has 1 aliphatic carbocycles. The molecule has 0 heterocycles. The van der Waals surface area contributed by atoms with E-state index < -0.39 is 5.54 Å². The molecule has 3 N–H and O–H groups in total. The highest BCUT2D eigenvalue weighted by Gasteiger charge is 2.62. The van der Waals surface area contributed by atoms with Gasteiger partial charge in [-0.15, -0.1) is 12.4 Å². The monoisotopic (exact) mass is 414 g/mol. The largest absolute Gasteiger partial charge is 0.490 e. The zero-order valence-electron chi connectivity index (χ0n) is 17.7. The van der Waals surface area contributed by atoms with E-state index in [-0.39, 0.29) is 29.8 Å². The van der Waals surface area contributed by atoms with Gasteiger partial charge in [0.05, 0.1) is 19.3 Å². The van der Waals surface area contributed by atoms with Gasteiger partial charge in [-0.1, -0.05) is 19.9 Å². The van der Waals surface area contributed by atoms with Crippen molar-refractivity contribution in [3.63, 3.8) is 0 Å². The van der Waals surface area contributed by atoms with Gasteiger partial charge in [0.15, 0.2) is 11.5 Å². The van der Waals surface area contributed by atoms with Crippen LogP contribution in [0.15, 0.2) is 18.2 Å². The summed E-state index contributed by atoms with van der Waals surface area (Å²) in [5, 5.41) is 2.99. The summed E-state index contributed by atoms with van der Waals surface area (Å²) >= 11 is 0. The van der Waals surface area contributed by atoms with E-state index in [1.165, 1.54) is 0 Å². The minimum Gasteiger partial charge on any atom is -0.490 e. The molecule has 0 radical (unpaired) electrons. The van der Waals surface area contributed by atoms with Gasteiger partial charge >= 0.3 is 0 Å². The predicted molar refractivity (Wildman–Crippen MR) is 113 cm³/mol. The molecule has 0 saturated heterocycles. The second-order valence-electron chi connectivity index (χ2n) is 7.49. The molecule has 1 aromatic rings. The number of carbonyl (C=O) groups excluding carboxylic acids is 1. The maximum Gasteiger partial charge on any atom is 0.240 e. The first-order chi connectivity index (χ1) is 12.8. The number of nitrogens with two attached hydrogens (primary N) is 1. The molecule has 0 aromatic heterocycles. The molecular formula is C21H35ClN2O4. The molecule has 1 aliphatic rings. The van der Waals surface area contributed by atoms with E-state index in [2.05, 4.69) is 5.32 Å². The Balaban J connectivity index is 0.00000392. The number of hydrogen-bond acceptors (Lipinski definition) is 5. The third kappa shape index (κ3) is 4.91. The van der Waals surface area contributed by atoms with Crippen LogP contribution in [-0.2, 0) is 16.0 Å². The van der Waals surface area contributed by atoms with Gasteiger partial charge in [0.2, 0.25) is 5.91 Å². The SMILES string of the molecule is CCOc1ccc(CCNC(=O)C2(N)CC(OCC)C2(C)C)cc1OCC.Cl. The third-order valence-electron chi connectivity index (χ3n) is 5.54. The van der Waals surface area contributed by atoms with Crippen LogP contribution in [0.4, 0.5) is 0 Å². The molecule has 1 amide bonds. The van der Waals surface area contributed by atoms with Crippen molar-refractivity contribution >= 4 is 18.3 Å². The molecule has 0 spiro atoms. The van der Waals surface area contributed by atoms with Crippen molar-refractivity contribution in [3.8, 4) is 11.5 Å². The summed E-state index contributed by atoms with van der Waals surface area (Å²) < 4.78 is 16.9. The van der Waals surface area contributed by atoms with Gasteiger partial charge < -0.3 is 25.3 Å². The summed E-state index contributed by atoms with van der Waals surface area (Å²) in [4.78, 5) is 12.7. The number of benzene rings is 1. The standard InChI is InChI=1S/C21H34N2O4.ClH/c1-6-25-16-10-9-15(13-17(16)26-7-2)11-12-23-19(24)21(22)14-18(27-8-3)20(21,4)5;/h9-10,13,18H,6-8,11-12,14,22H2,1-5H3,(H,23,24);1H. The molecule has 6 nitrogen and oxygen atoms in total. The summed E-state index contributed by atoms with van der Waals surface area (Å²) in [6.07, 6.45) is 1.28. The number of rotatable bonds is 10. The Labute approximate surface area is 174 Å². The van der Waals surface area contributed by atoms with Gasteiger partial charge in [0.1, 0.15) is 5.54 Å². The molecule has 1 fully saturated rings. The van der Waals surface area contributed by atoms with Gasteiger partial charge in [0, 0.05) is 25.0 Å². The molecule has 0 bridgehead atoms. The van der Waals surface area contributed by atoms with E-state index in [0.29, 0.717) is 39.2 Å². The Hall–Kier alpha value is -1.50. The van der Waals surface area contributed by atoms with Crippen LogP contribution in [0.5, 0.6) is 11.5 Å². The molecular weight excluding hydrogens is 380 g/mol. The van der Waals surface area contributed by atoms with Crippen molar-refractivity contribution in [2.45, 2.75) is 59.1 Å². The van der Waals surface area contributed by atoms with Crippen LogP contribution in [0, 0.1) is 5.41 Å². The normalized spacial score (nSPS) is 22.6. The molecule has 160 valence electrons. The molecule has 1 aromatic carbocycles. The number of nitrogens with one attached hydrogen (secondary N) is 1. The number of ether oxygens (including phenoxy) is 3. The smallest absolute Gasteiger partial charge is 0.240 e. The van der Waals surface area contributed by atoms with Gasteiger partial charge in [0.25, 0.3) is 0 Å². The van der Waals surface area contributed by atoms with E-state index >= 15 is 0 Å². The van der Waals surface area contributed by atoms with Gasteiger partial charge in [-0.05, 0) is 44.9 Å². The fourth-order valence-corrected chi connectivity index (χ4v) is 3.55. The van der Waals surface area contributed by atoms with Crippen molar-refractivity contribution in [2.24, 2.45) is 11.1 Å². The fourth-order valence-electron chi connectivity index (χ4n) is 3.55. The van der Waals surface area contributed by atoms with Crippen molar-refractivity contribution in [1.29, 1.82) is 0 Å². The Bertz CT molecular complexity index is 653. The van der Waals surface area contributed by atoms with Crippen LogP contribution >= 0.6 is 12.4 Å². The average molecular weight is 415 g/mol. The lowest BCUT2D eigenvalue weighted by atomic mass is 9.54. The summed E-state index contributed by atoms with van der Waals surface area (Å²) in [6.45, 7) is 12.2. The Morgan fingerprint density at radius 1 is 1.14 bits per heavy atom. The maximum atomic E-state index is 12.7. The van der Waals surface area contributed by atoms with E-state index in [1.807, 2.05) is 52.8 Å². The highest BCUT2D eigenvalue weighted by Crippen LogP contribution is 2.49. The first-order valence-corrected chi connectivity index (χ1v) is 9.87. The summed E-state index contributed by atoms with van der Waals surface area (Å²) in [5.74, 6) is 1.36. The summed E-state index contributed by atoms with van der Waals surface area (Å²) in [6, 6.07) is 5.88. The second-order valence-corrected chi connectivity index (χ2v) is 7.49. The van der Waals surface area contributed by atoms with Crippen LogP contribution in [-0.4, -0.2) is 43.9 Å². The molecule has 1 saturated carbocycles. The number of carbonyl (C=O) groups is 1. The maximum absolute atomic E-state index is 12.7. The fraction of sp³-hybridized carbons (Fsp3) is 0.667. The minimum absolute atomic E-state index is 0. The molecule has 2 atom stereocenters. The van der Waals surface area contributed by atoms with Crippen LogP contribution in [0.25, 0.3) is 0 Å². The molecule has 7 heteroatoms. The van der Waals surface area contributed by atoms with Crippen LogP contribution in [0.2, 0.25) is 0 Å². The van der Waals surface area contributed by atoms with E-state index in [4.69, 9.17) is 19.9 Å². The molecule has 2 unspecified atom stereocenters. The van der Waals surface area contributed by atoms with Crippen LogP contribution < -0.4 is 20.5 Å². The van der Waals surface area contributed by atoms with E-state index in [9.17, 15) is 4.79 Å². The third-order valence-corrected chi connectivity index (χ3v) is 5.54. The second kappa shape index (κ2) is 10.3. The van der Waals surface area contributed by atoms with Gasteiger partial charge in [-0.25, -0.2) is 0 Å².